The van der Waals surface area contributed by atoms with Gasteiger partial charge in [-0.25, -0.2) is 0 Å². The summed E-state index contributed by atoms with van der Waals surface area (Å²) < 4.78 is 8.13. The Bertz CT molecular complexity index is 1500. The Kier molecular flexibility index (Phi) is 4.84. The Morgan fingerprint density at radius 1 is 0.606 bits per heavy atom. The van der Waals surface area contributed by atoms with Gasteiger partial charge in [0.15, 0.2) is 0 Å². The van der Waals surface area contributed by atoms with Crippen LogP contribution in [0.3, 0.4) is 0 Å². The van der Waals surface area contributed by atoms with Crippen LogP contribution in [-0.2, 0) is 0 Å². The van der Waals surface area contributed by atoms with E-state index in [1.807, 2.05) is 60.7 Å². The SMILES string of the molecule is Oc1c(I)cc(C2c3ccc4c(O)cccc4c3Oc3c2ccc2c(O)cccc32)cc1I. The van der Waals surface area contributed by atoms with Gasteiger partial charge in [0.25, 0.3) is 0 Å². The lowest BCUT2D eigenvalue weighted by Gasteiger charge is -2.31. The van der Waals surface area contributed by atoms with E-state index in [4.69, 9.17) is 4.74 Å². The zero-order chi connectivity index (χ0) is 22.9. The largest absolute Gasteiger partial charge is 0.507 e. The van der Waals surface area contributed by atoms with Crippen molar-refractivity contribution in [2.24, 2.45) is 0 Å². The fourth-order valence-corrected chi connectivity index (χ4v) is 6.54. The van der Waals surface area contributed by atoms with Crippen molar-refractivity contribution in [3.05, 3.63) is 96.6 Å². The molecule has 1 aliphatic rings. The summed E-state index contributed by atoms with van der Waals surface area (Å²) in [6.45, 7) is 0. The van der Waals surface area contributed by atoms with Gasteiger partial charge in [-0.15, -0.1) is 0 Å². The molecule has 4 nitrogen and oxygen atoms in total. The van der Waals surface area contributed by atoms with Crippen molar-refractivity contribution in [3.63, 3.8) is 0 Å². The first kappa shape index (κ1) is 20.9. The van der Waals surface area contributed by atoms with Crippen molar-refractivity contribution in [1.82, 2.24) is 0 Å². The third-order valence-electron chi connectivity index (χ3n) is 6.24. The van der Waals surface area contributed by atoms with Crippen molar-refractivity contribution in [3.8, 4) is 28.7 Å². The van der Waals surface area contributed by atoms with E-state index in [2.05, 4.69) is 45.2 Å². The summed E-state index contributed by atoms with van der Waals surface area (Å²) in [6.07, 6.45) is 0. The summed E-state index contributed by atoms with van der Waals surface area (Å²) in [5, 5.41) is 34.3. The summed E-state index contributed by atoms with van der Waals surface area (Å²) in [5.41, 5.74) is 3.00. The van der Waals surface area contributed by atoms with Gasteiger partial charge >= 0.3 is 0 Å². The normalized spacial score (nSPS) is 13.0. The highest BCUT2D eigenvalue weighted by Gasteiger charge is 2.32. The molecule has 0 atom stereocenters. The van der Waals surface area contributed by atoms with Gasteiger partial charge in [0.05, 0.1) is 7.14 Å². The average molecular weight is 658 g/mol. The van der Waals surface area contributed by atoms with Crippen LogP contribution >= 0.6 is 45.2 Å². The van der Waals surface area contributed by atoms with Gasteiger partial charge in [0.1, 0.15) is 28.7 Å². The Labute approximate surface area is 216 Å². The highest BCUT2D eigenvalue weighted by Crippen LogP contribution is 2.53. The van der Waals surface area contributed by atoms with Crippen molar-refractivity contribution in [2.45, 2.75) is 5.92 Å². The van der Waals surface area contributed by atoms with E-state index in [0.717, 1.165) is 45.4 Å². The number of benzene rings is 5. The maximum Gasteiger partial charge on any atom is 0.142 e. The van der Waals surface area contributed by atoms with Crippen molar-refractivity contribution in [2.75, 3.05) is 0 Å². The first-order chi connectivity index (χ1) is 15.9. The Hall–Kier alpha value is -2.72. The maximum absolute atomic E-state index is 10.4. The molecular formula is C27H16I2O4. The first-order valence-corrected chi connectivity index (χ1v) is 12.4. The average Bonchev–Trinajstić information content (AvgIpc) is 2.81. The zero-order valence-corrected chi connectivity index (χ0v) is 21.3. The molecule has 0 bridgehead atoms. The van der Waals surface area contributed by atoms with E-state index in [-0.39, 0.29) is 23.2 Å². The van der Waals surface area contributed by atoms with Gasteiger partial charge in [0, 0.05) is 38.6 Å². The molecule has 3 N–H and O–H groups in total. The van der Waals surface area contributed by atoms with Gasteiger partial charge in [-0.2, -0.15) is 0 Å². The van der Waals surface area contributed by atoms with Gasteiger partial charge in [-0.3, -0.25) is 0 Å². The van der Waals surface area contributed by atoms with Crippen LogP contribution in [0.5, 0.6) is 28.7 Å². The van der Waals surface area contributed by atoms with Crippen LogP contribution in [0.2, 0.25) is 0 Å². The predicted octanol–water partition coefficient (Wildman–Crippen LogP) is 7.60. The van der Waals surface area contributed by atoms with Gasteiger partial charge < -0.3 is 20.1 Å². The van der Waals surface area contributed by atoms with Crippen LogP contribution < -0.4 is 4.74 Å². The standard InChI is InChI=1S/C27H16I2O4/c28-20-11-13(12-21(29)25(20)32)24-18-9-7-14-16(3-1-5-22(14)30)26(18)33-27-17-4-2-6-23(31)15(17)8-10-19(24)27/h1-12,24,30-32H. The number of halogens is 2. The fraction of sp³-hybridized carbons (Fsp3) is 0.0370. The number of fused-ring (bicyclic) bond motifs is 6. The van der Waals surface area contributed by atoms with Crippen LogP contribution in [0.25, 0.3) is 21.5 Å². The molecule has 0 unspecified atom stereocenters. The van der Waals surface area contributed by atoms with Crippen molar-refractivity contribution in [1.29, 1.82) is 0 Å². The molecule has 6 rings (SSSR count). The molecule has 0 fully saturated rings. The first-order valence-electron chi connectivity index (χ1n) is 10.3. The number of phenolic OH excluding ortho intramolecular Hbond substituents is 3. The summed E-state index contributed by atoms with van der Waals surface area (Å²) in [4.78, 5) is 0. The number of phenols is 3. The van der Waals surface area contributed by atoms with Crippen molar-refractivity contribution >= 4 is 66.7 Å². The highest BCUT2D eigenvalue weighted by atomic mass is 127. The smallest absolute Gasteiger partial charge is 0.142 e. The lowest BCUT2D eigenvalue weighted by atomic mass is 9.80. The molecule has 33 heavy (non-hydrogen) atoms. The van der Waals surface area contributed by atoms with E-state index in [1.165, 1.54) is 0 Å². The molecule has 6 heteroatoms. The topological polar surface area (TPSA) is 69.9 Å². The van der Waals surface area contributed by atoms with Crippen LogP contribution in [0, 0.1) is 7.14 Å². The summed E-state index contributed by atoms with van der Waals surface area (Å²) >= 11 is 4.31. The second-order valence-corrected chi connectivity index (χ2v) is 10.4. The minimum Gasteiger partial charge on any atom is -0.507 e. The molecule has 0 spiro atoms. The second kappa shape index (κ2) is 7.66. The predicted molar refractivity (Wildman–Crippen MR) is 146 cm³/mol. The molecule has 0 amide bonds. The van der Waals surface area contributed by atoms with Crippen LogP contribution in [0.1, 0.15) is 22.6 Å². The lowest BCUT2D eigenvalue weighted by molar-refractivity contribution is 0.459. The number of hydrogen-bond donors (Lipinski definition) is 3. The third kappa shape index (κ3) is 3.14. The molecule has 5 aromatic rings. The molecule has 0 radical (unpaired) electrons. The molecular weight excluding hydrogens is 642 g/mol. The quantitative estimate of drug-likeness (QED) is 0.159. The molecule has 0 aromatic heterocycles. The minimum absolute atomic E-state index is 0.148. The van der Waals surface area contributed by atoms with Crippen LogP contribution in [0.4, 0.5) is 0 Å². The van der Waals surface area contributed by atoms with E-state index >= 15 is 0 Å². The number of rotatable bonds is 1. The van der Waals surface area contributed by atoms with Crippen LogP contribution in [-0.4, -0.2) is 15.3 Å². The zero-order valence-electron chi connectivity index (χ0n) is 17.0. The molecule has 162 valence electrons. The highest BCUT2D eigenvalue weighted by molar-refractivity contribution is 14.1. The molecule has 0 saturated heterocycles. The van der Waals surface area contributed by atoms with Crippen molar-refractivity contribution < 1.29 is 20.1 Å². The van der Waals surface area contributed by atoms with E-state index in [9.17, 15) is 15.3 Å². The Morgan fingerprint density at radius 3 is 1.58 bits per heavy atom. The number of ether oxygens (including phenoxy) is 1. The monoisotopic (exact) mass is 658 g/mol. The summed E-state index contributed by atoms with van der Waals surface area (Å²) in [6, 6.07) is 22.7. The number of aromatic hydroxyl groups is 3. The molecule has 1 heterocycles. The summed E-state index contributed by atoms with van der Waals surface area (Å²) in [7, 11) is 0. The Morgan fingerprint density at radius 2 is 1.09 bits per heavy atom. The minimum atomic E-state index is -0.148. The fourth-order valence-electron chi connectivity index (χ4n) is 4.72. The summed E-state index contributed by atoms with van der Waals surface area (Å²) in [5.74, 6) is 1.91. The van der Waals surface area contributed by atoms with Crippen LogP contribution in [0.15, 0.2) is 72.8 Å². The third-order valence-corrected chi connectivity index (χ3v) is 7.88. The second-order valence-electron chi connectivity index (χ2n) is 8.08. The van der Waals surface area contributed by atoms with Gasteiger partial charge in [-0.05, 0) is 75.0 Å². The van der Waals surface area contributed by atoms with E-state index < -0.39 is 0 Å². The van der Waals surface area contributed by atoms with Gasteiger partial charge in [0.2, 0.25) is 0 Å². The number of hydrogen-bond acceptors (Lipinski definition) is 4. The molecule has 0 aliphatic carbocycles. The molecule has 0 saturated carbocycles. The molecule has 1 aliphatic heterocycles. The lowest BCUT2D eigenvalue weighted by Crippen LogP contribution is -2.13. The maximum atomic E-state index is 10.4. The Balaban J connectivity index is 1.73. The van der Waals surface area contributed by atoms with Gasteiger partial charge in [-0.1, -0.05) is 48.5 Å². The molecule has 5 aromatic carbocycles. The van der Waals surface area contributed by atoms with E-state index in [0.29, 0.717) is 11.5 Å². The van der Waals surface area contributed by atoms with E-state index in [1.54, 1.807) is 12.1 Å².